The summed E-state index contributed by atoms with van der Waals surface area (Å²) in [6.45, 7) is 0. The first kappa shape index (κ1) is 15.8. The number of carbonyl (C=O) groups is 2. The van der Waals surface area contributed by atoms with Crippen molar-refractivity contribution < 1.29 is 19.1 Å². The Kier molecular flexibility index (Phi) is 5.31. The molecule has 0 spiro atoms. The average Bonchev–Trinajstić information content (AvgIpc) is 2.59. The molecule has 0 saturated carbocycles. The van der Waals surface area contributed by atoms with Gasteiger partial charge in [-0.25, -0.2) is 9.59 Å². The summed E-state index contributed by atoms with van der Waals surface area (Å²) >= 11 is 0. The lowest BCUT2D eigenvalue weighted by atomic mass is 10.0. The predicted molar refractivity (Wildman–Crippen MR) is 83.0 cm³/mol. The Morgan fingerprint density at radius 1 is 0.773 bits per heavy atom. The molecule has 2 rings (SSSR count). The molecule has 0 fully saturated rings. The van der Waals surface area contributed by atoms with Gasteiger partial charge in [0.05, 0.1) is 25.3 Å². The van der Waals surface area contributed by atoms with Gasteiger partial charge < -0.3 is 9.47 Å². The number of ether oxygens (including phenoxy) is 2. The Balaban J connectivity index is 2.07. The lowest BCUT2D eigenvalue weighted by Gasteiger charge is -2.06. The molecule has 0 heterocycles. The van der Waals surface area contributed by atoms with Gasteiger partial charge in [-0.1, -0.05) is 24.3 Å². The largest absolute Gasteiger partial charge is 0.465 e. The van der Waals surface area contributed by atoms with Crippen molar-refractivity contribution >= 4 is 11.9 Å². The van der Waals surface area contributed by atoms with E-state index < -0.39 is 0 Å². The number of carbonyl (C=O) groups excluding carboxylic acids is 2. The van der Waals surface area contributed by atoms with E-state index in [4.69, 9.17) is 9.47 Å². The number of benzene rings is 2. The van der Waals surface area contributed by atoms with Crippen molar-refractivity contribution in [2.75, 3.05) is 14.2 Å². The van der Waals surface area contributed by atoms with E-state index in [0.29, 0.717) is 11.1 Å². The summed E-state index contributed by atoms with van der Waals surface area (Å²) in [6, 6.07) is 14.7. The second-order valence-corrected chi connectivity index (χ2v) is 4.88. The van der Waals surface area contributed by atoms with Gasteiger partial charge in [0.2, 0.25) is 0 Å². The van der Waals surface area contributed by atoms with Crippen LogP contribution in [0.2, 0.25) is 0 Å². The van der Waals surface area contributed by atoms with Crippen LogP contribution in [0.25, 0.3) is 0 Å². The van der Waals surface area contributed by atoms with E-state index in [0.717, 1.165) is 24.0 Å². The van der Waals surface area contributed by atoms with Crippen molar-refractivity contribution in [1.29, 1.82) is 0 Å². The summed E-state index contributed by atoms with van der Waals surface area (Å²) in [4.78, 5) is 23.0. The molecule has 0 radical (unpaired) electrons. The van der Waals surface area contributed by atoms with Crippen molar-refractivity contribution in [3.05, 3.63) is 70.8 Å². The molecule has 0 unspecified atom stereocenters. The maximum Gasteiger partial charge on any atom is 0.337 e. The first-order valence-electron chi connectivity index (χ1n) is 6.98. The van der Waals surface area contributed by atoms with E-state index in [1.807, 2.05) is 36.4 Å². The van der Waals surface area contributed by atoms with Crippen LogP contribution in [0.5, 0.6) is 0 Å². The molecule has 0 aromatic heterocycles. The molecule has 0 bridgehead atoms. The number of rotatable bonds is 5. The molecule has 0 aliphatic heterocycles. The summed E-state index contributed by atoms with van der Waals surface area (Å²) in [5.41, 5.74) is 3.18. The van der Waals surface area contributed by atoms with Gasteiger partial charge in [0, 0.05) is 0 Å². The lowest BCUT2D eigenvalue weighted by Crippen LogP contribution is -2.03. The van der Waals surface area contributed by atoms with E-state index >= 15 is 0 Å². The van der Waals surface area contributed by atoms with Crippen LogP contribution in [-0.2, 0) is 22.3 Å². The third kappa shape index (κ3) is 3.95. The normalized spacial score (nSPS) is 10.1. The maximum atomic E-state index is 11.5. The van der Waals surface area contributed by atoms with E-state index in [1.165, 1.54) is 14.2 Å². The second-order valence-electron chi connectivity index (χ2n) is 4.88. The highest BCUT2D eigenvalue weighted by Gasteiger charge is 2.07. The molecule has 0 aliphatic rings. The maximum absolute atomic E-state index is 11.5. The number of aryl methyl sites for hydroxylation is 2. The quantitative estimate of drug-likeness (QED) is 0.796. The van der Waals surface area contributed by atoms with E-state index in [1.54, 1.807) is 12.1 Å². The molecule has 4 nitrogen and oxygen atoms in total. The van der Waals surface area contributed by atoms with E-state index in [9.17, 15) is 9.59 Å². The number of hydrogen-bond donors (Lipinski definition) is 0. The fraction of sp³-hybridized carbons (Fsp3) is 0.222. The zero-order valence-corrected chi connectivity index (χ0v) is 12.7. The Labute approximate surface area is 129 Å². The predicted octanol–water partition coefficient (Wildman–Crippen LogP) is 3.05. The van der Waals surface area contributed by atoms with Crippen molar-refractivity contribution in [2.24, 2.45) is 0 Å². The third-order valence-corrected chi connectivity index (χ3v) is 3.40. The summed E-state index contributed by atoms with van der Waals surface area (Å²) in [5, 5.41) is 0. The molecule has 0 saturated heterocycles. The smallest absolute Gasteiger partial charge is 0.337 e. The van der Waals surface area contributed by atoms with Crippen molar-refractivity contribution in [1.82, 2.24) is 0 Å². The Bertz CT molecular complexity index is 617. The molecular weight excluding hydrogens is 280 g/mol. The first-order valence-corrected chi connectivity index (χ1v) is 6.98. The Morgan fingerprint density at radius 3 is 1.55 bits per heavy atom. The third-order valence-electron chi connectivity index (χ3n) is 3.40. The Morgan fingerprint density at radius 2 is 1.18 bits per heavy atom. The fourth-order valence-corrected chi connectivity index (χ4v) is 2.23. The summed E-state index contributed by atoms with van der Waals surface area (Å²) in [5.74, 6) is -0.677. The highest BCUT2D eigenvalue weighted by Crippen LogP contribution is 2.12. The van der Waals surface area contributed by atoms with Gasteiger partial charge in [0.25, 0.3) is 0 Å². The van der Waals surface area contributed by atoms with Gasteiger partial charge in [-0.05, 0) is 48.2 Å². The minimum atomic E-state index is -0.338. The number of esters is 2. The van der Waals surface area contributed by atoms with Crippen molar-refractivity contribution in [3.8, 4) is 0 Å². The topological polar surface area (TPSA) is 52.6 Å². The van der Waals surface area contributed by atoms with E-state index in [2.05, 4.69) is 0 Å². The molecule has 2 aromatic carbocycles. The molecule has 2 aromatic rings. The van der Waals surface area contributed by atoms with Crippen LogP contribution < -0.4 is 0 Å². The van der Waals surface area contributed by atoms with Gasteiger partial charge in [0.15, 0.2) is 0 Å². The summed E-state index contributed by atoms with van der Waals surface area (Å²) in [6.07, 6.45) is 1.55. The SMILES string of the molecule is COC(=O)c1cccc(CCc2cccc(C(=O)OC)c2)c1. The number of methoxy groups -OCH3 is 2. The van der Waals surface area contributed by atoms with Gasteiger partial charge in [-0.3, -0.25) is 0 Å². The van der Waals surface area contributed by atoms with Gasteiger partial charge in [0.1, 0.15) is 0 Å². The van der Waals surface area contributed by atoms with Crippen LogP contribution in [0.3, 0.4) is 0 Å². The number of hydrogen-bond acceptors (Lipinski definition) is 4. The van der Waals surface area contributed by atoms with Crippen molar-refractivity contribution in [3.63, 3.8) is 0 Å². The minimum absolute atomic E-state index is 0.338. The highest BCUT2D eigenvalue weighted by atomic mass is 16.5. The molecule has 0 N–H and O–H groups in total. The molecule has 4 heteroatoms. The standard InChI is InChI=1S/C18H18O4/c1-21-17(19)15-7-3-5-13(11-15)9-10-14-6-4-8-16(12-14)18(20)22-2/h3-8,11-12H,9-10H2,1-2H3. The zero-order chi connectivity index (χ0) is 15.9. The van der Waals surface area contributed by atoms with E-state index in [-0.39, 0.29) is 11.9 Å². The van der Waals surface area contributed by atoms with Gasteiger partial charge in [-0.2, -0.15) is 0 Å². The summed E-state index contributed by atoms with van der Waals surface area (Å²) in [7, 11) is 2.74. The average molecular weight is 298 g/mol. The van der Waals surface area contributed by atoms with Crippen LogP contribution in [0.15, 0.2) is 48.5 Å². The monoisotopic (exact) mass is 298 g/mol. The lowest BCUT2D eigenvalue weighted by molar-refractivity contribution is 0.0591. The van der Waals surface area contributed by atoms with Crippen LogP contribution in [0.1, 0.15) is 31.8 Å². The molecule has 22 heavy (non-hydrogen) atoms. The summed E-state index contributed by atoms with van der Waals surface area (Å²) < 4.78 is 9.44. The minimum Gasteiger partial charge on any atom is -0.465 e. The zero-order valence-electron chi connectivity index (χ0n) is 12.7. The molecule has 0 amide bonds. The highest BCUT2D eigenvalue weighted by molar-refractivity contribution is 5.90. The molecular formula is C18H18O4. The molecule has 0 aliphatic carbocycles. The fourth-order valence-electron chi connectivity index (χ4n) is 2.23. The van der Waals surface area contributed by atoms with Gasteiger partial charge >= 0.3 is 11.9 Å². The van der Waals surface area contributed by atoms with Crippen LogP contribution in [0.4, 0.5) is 0 Å². The first-order chi connectivity index (χ1) is 10.6. The van der Waals surface area contributed by atoms with Crippen LogP contribution >= 0.6 is 0 Å². The molecule has 114 valence electrons. The van der Waals surface area contributed by atoms with Crippen LogP contribution in [-0.4, -0.2) is 26.2 Å². The van der Waals surface area contributed by atoms with Crippen LogP contribution in [0, 0.1) is 0 Å². The van der Waals surface area contributed by atoms with Crippen molar-refractivity contribution in [2.45, 2.75) is 12.8 Å². The second kappa shape index (κ2) is 7.41. The Hall–Kier alpha value is -2.62. The molecule has 0 atom stereocenters. The van der Waals surface area contributed by atoms with Gasteiger partial charge in [-0.15, -0.1) is 0 Å².